The maximum Gasteiger partial charge on any atom is 0.136 e. The molecule has 0 spiro atoms. The number of anilines is 1. The van der Waals surface area contributed by atoms with Gasteiger partial charge in [-0.25, -0.2) is 4.98 Å². The summed E-state index contributed by atoms with van der Waals surface area (Å²) in [7, 11) is 0. The van der Waals surface area contributed by atoms with E-state index in [1.165, 1.54) is 10.8 Å². The maximum absolute atomic E-state index is 5.97. The maximum atomic E-state index is 5.97. The summed E-state index contributed by atoms with van der Waals surface area (Å²) in [6, 6.07) is 10.5. The number of benzene rings is 1. The number of hydrogen-bond acceptors (Lipinski definition) is 2. The molecule has 1 aromatic heterocycles. The lowest BCUT2D eigenvalue weighted by atomic mass is 10.1. The van der Waals surface area contributed by atoms with E-state index in [4.69, 9.17) is 16.6 Å². The first kappa shape index (κ1) is 14.1. The summed E-state index contributed by atoms with van der Waals surface area (Å²) in [5.41, 5.74) is 0.942. The van der Waals surface area contributed by atoms with E-state index in [0.29, 0.717) is 11.8 Å². The monoisotopic (exact) mass is 276 g/mol. The zero-order valence-corrected chi connectivity index (χ0v) is 12.6. The second kappa shape index (κ2) is 6.25. The van der Waals surface area contributed by atoms with E-state index in [2.05, 4.69) is 56.0 Å². The Kier molecular flexibility index (Phi) is 4.65. The summed E-state index contributed by atoms with van der Waals surface area (Å²) in [6.07, 6.45) is 0. The number of aromatic nitrogens is 1. The summed E-state index contributed by atoms with van der Waals surface area (Å²) in [4.78, 5) is 7.07. The predicted molar refractivity (Wildman–Crippen MR) is 84.0 cm³/mol. The van der Waals surface area contributed by atoms with Gasteiger partial charge in [0.1, 0.15) is 5.82 Å². The molecule has 2 rings (SSSR count). The Bertz CT molecular complexity index is 551. The third-order valence-corrected chi connectivity index (χ3v) is 3.45. The molecule has 102 valence electrons. The van der Waals surface area contributed by atoms with Crippen LogP contribution in [0.3, 0.4) is 0 Å². The zero-order chi connectivity index (χ0) is 13.8. The Labute approximate surface area is 120 Å². The number of nitrogens with zero attached hydrogens (tertiary/aromatic N) is 2. The summed E-state index contributed by atoms with van der Waals surface area (Å²) < 4.78 is 0. The minimum absolute atomic E-state index is 0.455. The Hall–Kier alpha value is -1.28. The van der Waals surface area contributed by atoms with Crippen molar-refractivity contribution in [2.75, 3.05) is 18.0 Å². The van der Waals surface area contributed by atoms with Crippen molar-refractivity contribution in [3.8, 4) is 0 Å². The van der Waals surface area contributed by atoms with Crippen molar-refractivity contribution >= 4 is 28.2 Å². The fraction of sp³-hybridized carbons (Fsp3) is 0.438. The number of rotatable bonds is 5. The molecule has 0 amide bonds. The number of hydrogen-bond donors (Lipinski definition) is 0. The van der Waals surface area contributed by atoms with E-state index < -0.39 is 0 Å². The van der Waals surface area contributed by atoms with Crippen LogP contribution in [0.5, 0.6) is 0 Å². The van der Waals surface area contributed by atoms with Gasteiger partial charge in [0.2, 0.25) is 0 Å². The Morgan fingerprint density at radius 3 is 2.63 bits per heavy atom. The number of alkyl halides is 1. The summed E-state index contributed by atoms with van der Waals surface area (Å²) >= 11 is 5.97. The summed E-state index contributed by atoms with van der Waals surface area (Å²) in [6.45, 7) is 8.61. The minimum Gasteiger partial charge on any atom is -0.356 e. The second-order valence-electron chi connectivity index (χ2n) is 5.22. The van der Waals surface area contributed by atoms with Gasteiger partial charge >= 0.3 is 0 Å². The van der Waals surface area contributed by atoms with E-state index in [-0.39, 0.29) is 0 Å². The summed E-state index contributed by atoms with van der Waals surface area (Å²) in [5.74, 6) is 2.13. The Balaban J connectivity index is 2.55. The van der Waals surface area contributed by atoms with Crippen molar-refractivity contribution in [3.63, 3.8) is 0 Å². The van der Waals surface area contributed by atoms with Crippen LogP contribution in [0, 0.1) is 5.92 Å². The van der Waals surface area contributed by atoms with Crippen molar-refractivity contribution in [2.24, 2.45) is 5.92 Å². The van der Waals surface area contributed by atoms with Crippen LogP contribution in [0.2, 0.25) is 0 Å². The van der Waals surface area contributed by atoms with Crippen LogP contribution in [-0.2, 0) is 5.88 Å². The van der Waals surface area contributed by atoms with Gasteiger partial charge in [-0.05, 0) is 24.3 Å². The fourth-order valence-corrected chi connectivity index (χ4v) is 2.49. The molecule has 2 aromatic rings. The minimum atomic E-state index is 0.455. The van der Waals surface area contributed by atoms with Crippen LogP contribution in [0.4, 0.5) is 5.82 Å². The van der Waals surface area contributed by atoms with E-state index in [0.717, 1.165) is 24.6 Å². The lowest BCUT2D eigenvalue weighted by Gasteiger charge is -2.25. The van der Waals surface area contributed by atoms with Gasteiger partial charge < -0.3 is 4.90 Å². The molecule has 0 fully saturated rings. The van der Waals surface area contributed by atoms with Gasteiger partial charge in [0.25, 0.3) is 0 Å². The van der Waals surface area contributed by atoms with Crippen molar-refractivity contribution in [3.05, 3.63) is 36.0 Å². The highest BCUT2D eigenvalue weighted by molar-refractivity contribution is 6.17. The van der Waals surface area contributed by atoms with Crippen molar-refractivity contribution in [1.29, 1.82) is 0 Å². The third kappa shape index (κ3) is 3.19. The molecule has 2 nitrogen and oxygen atoms in total. The highest BCUT2D eigenvalue weighted by Gasteiger charge is 2.13. The standard InChI is InChI=1S/C16H21ClN2/c1-4-19(11-12(2)3)16-15-8-6-5-7-13(15)9-14(10-17)18-16/h5-9,12H,4,10-11H2,1-3H3. The number of halogens is 1. The Morgan fingerprint density at radius 1 is 1.26 bits per heavy atom. The van der Waals surface area contributed by atoms with Crippen LogP contribution < -0.4 is 4.90 Å². The van der Waals surface area contributed by atoms with E-state index in [9.17, 15) is 0 Å². The fourth-order valence-electron chi connectivity index (χ4n) is 2.35. The quantitative estimate of drug-likeness (QED) is 0.750. The van der Waals surface area contributed by atoms with Gasteiger partial charge in [0.15, 0.2) is 0 Å². The molecular weight excluding hydrogens is 256 g/mol. The number of pyridine rings is 1. The topological polar surface area (TPSA) is 16.1 Å². The molecule has 0 saturated carbocycles. The average Bonchev–Trinajstić information content (AvgIpc) is 2.43. The van der Waals surface area contributed by atoms with E-state index in [1.54, 1.807) is 0 Å². The van der Waals surface area contributed by atoms with Gasteiger partial charge in [0.05, 0.1) is 11.6 Å². The van der Waals surface area contributed by atoms with Gasteiger partial charge in [-0.2, -0.15) is 0 Å². The van der Waals surface area contributed by atoms with Gasteiger partial charge in [-0.1, -0.05) is 38.1 Å². The van der Waals surface area contributed by atoms with Crippen LogP contribution in [-0.4, -0.2) is 18.1 Å². The largest absolute Gasteiger partial charge is 0.356 e. The molecule has 0 atom stereocenters. The second-order valence-corrected chi connectivity index (χ2v) is 5.49. The van der Waals surface area contributed by atoms with Gasteiger partial charge in [-0.3, -0.25) is 0 Å². The Morgan fingerprint density at radius 2 is 2.00 bits per heavy atom. The van der Waals surface area contributed by atoms with Crippen LogP contribution in [0.25, 0.3) is 10.8 Å². The molecular formula is C16H21ClN2. The SMILES string of the molecule is CCN(CC(C)C)c1nc(CCl)cc2ccccc12. The molecule has 3 heteroatoms. The van der Waals surface area contributed by atoms with Crippen LogP contribution >= 0.6 is 11.6 Å². The first-order chi connectivity index (χ1) is 9.15. The lowest BCUT2D eigenvalue weighted by molar-refractivity contribution is 0.615. The molecule has 0 N–H and O–H groups in total. The molecule has 0 unspecified atom stereocenters. The smallest absolute Gasteiger partial charge is 0.136 e. The van der Waals surface area contributed by atoms with E-state index >= 15 is 0 Å². The van der Waals surface area contributed by atoms with Crippen LogP contribution in [0.1, 0.15) is 26.5 Å². The highest BCUT2D eigenvalue weighted by Crippen LogP contribution is 2.26. The van der Waals surface area contributed by atoms with E-state index in [1.807, 2.05) is 0 Å². The first-order valence-electron chi connectivity index (χ1n) is 6.85. The summed E-state index contributed by atoms with van der Waals surface area (Å²) in [5, 5.41) is 2.42. The normalized spacial score (nSPS) is 11.2. The predicted octanol–water partition coefficient (Wildman–Crippen LogP) is 4.46. The number of fused-ring (bicyclic) bond motifs is 1. The van der Waals surface area contributed by atoms with Gasteiger partial charge in [-0.15, -0.1) is 11.6 Å². The lowest BCUT2D eigenvalue weighted by Crippen LogP contribution is -2.28. The van der Waals surface area contributed by atoms with Gasteiger partial charge in [0, 0.05) is 18.5 Å². The third-order valence-electron chi connectivity index (χ3n) is 3.18. The molecule has 0 saturated heterocycles. The van der Waals surface area contributed by atoms with Crippen molar-refractivity contribution in [2.45, 2.75) is 26.7 Å². The van der Waals surface area contributed by atoms with Crippen molar-refractivity contribution < 1.29 is 0 Å². The molecule has 19 heavy (non-hydrogen) atoms. The van der Waals surface area contributed by atoms with Crippen molar-refractivity contribution in [1.82, 2.24) is 4.98 Å². The molecule has 0 aliphatic carbocycles. The highest BCUT2D eigenvalue weighted by atomic mass is 35.5. The molecule has 1 aromatic carbocycles. The first-order valence-corrected chi connectivity index (χ1v) is 7.38. The molecule has 1 heterocycles. The zero-order valence-electron chi connectivity index (χ0n) is 11.9. The molecule has 0 radical (unpaired) electrons. The molecule has 0 aliphatic heterocycles. The molecule has 0 bridgehead atoms. The molecule has 0 aliphatic rings. The average molecular weight is 277 g/mol. The van der Waals surface area contributed by atoms with Crippen LogP contribution in [0.15, 0.2) is 30.3 Å².